The maximum absolute atomic E-state index is 12.6. The topological polar surface area (TPSA) is 75.3 Å². The Bertz CT molecular complexity index is 899. The molecule has 0 aromatic heterocycles. The van der Waals surface area contributed by atoms with E-state index in [0.29, 0.717) is 17.2 Å². The molecule has 144 valence electrons. The first-order chi connectivity index (χ1) is 12.8. The number of sulfonamides is 1. The molecule has 1 fully saturated rings. The lowest BCUT2D eigenvalue weighted by molar-refractivity contribution is 0.102. The summed E-state index contributed by atoms with van der Waals surface area (Å²) in [5.74, 6) is 0.0919. The molecule has 5 nitrogen and oxygen atoms in total. The maximum atomic E-state index is 12.6. The Morgan fingerprint density at radius 2 is 1.70 bits per heavy atom. The van der Waals surface area contributed by atoms with Crippen molar-refractivity contribution in [2.24, 2.45) is 0 Å². The summed E-state index contributed by atoms with van der Waals surface area (Å²) >= 11 is 0. The molecule has 0 heterocycles. The smallest absolute Gasteiger partial charge is 0.255 e. The molecule has 3 rings (SSSR count). The molecule has 2 N–H and O–H groups in total. The maximum Gasteiger partial charge on any atom is 0.255 e. The van der Waals surface area contributed by atoms with Gasteiger partial charge in [-0.15, -0.1) is 0 Å². The quantitative estimate of drug-likeness (QED) is 0.778. The monoisotopic (exact) mass is 386 g/mol. The van der Waals surface area contributed by atoms with Gasteiger partial charge in [-0.1, -0.05) is 44.9 Å². The molecule has 27 heavy (non-hydrogen) atoms. The molecule has 6 heteroatoms. The summed E-state index contributed by atoms with van der Waals surface area (Å²) in [4.78, 5) is 12.7. The highest BCUT2D eigenvalue weighted by molar-refractivity contribution is 7.89. The highest BCUT2D eigenvalue weighted by Crippen LogP contribution is 2.21. The molecule has 2 aromatic rings. The van der Waals surface area contributed by atoms with E-state index in [2.05, 4.69) is 23.9 Å². The molecule has 0 aliphatic heterocycles. The van der Waals surface area contributed by atoms with Crippen LogP contribution in [0.15, 0.2) is 53.4 Å². The van der Waals surface area contributed by atoms with Crippen LogP contribution in [-0.2, 0) is 10.0 Å². The van der Waals surface area contributed by atoms with E-state index >= 15 is 0 Å². The average Bonchev–Trinajstić information content (AvgIpc) is 3.14. The van der Waals surface area contributed by atoms with Crippen LogP contribution in [0.2, 0.25) is 0 Å². The molecular weight excluding hydrogens is 360 g/mol. The number of rotatable bonds is 6. The number of benzene rings is 2. The van der Waals surface area contributed by atoms with E-state index in [0.717, 1.165) is 25.7 Å². The summed E-state index contributed by atoms with van der Waals surface area (Å²) in [5, 5.41) is 2.82. The number of anilines is 1. The molecule has 0 bridgehead atoms. The third kappa shape index (κ3) is 4.96. The van der Waals surface area contributed by atoms with Crippen LogP contribution in [0.1, 0.15) is 61.4 Å². The molecule has 0 atom stereocenters. The van der Waals surface area contributed by atoms with Crippen LogP contribution in [-0.4, -0.2) is 20.4 Å². The Morgan fingerprint density at radius 1 is 1.04 bits per heavy atom. The van der Waals surface area contributed by atoms with Crippen molar-refractivity contribution in [3.63, 3.8) is 0 Å². The fourth-order valence-corrected chi connectivity index (χ4v) is 4.64. The molecule has 0 radical (unpaired) electrons. The lowest BCUT2D eigenvalue weighted by Crippen LogP contribution is -2.32. The number of hydrogen-bond acceptors (Lipinski definition) is 3. The molecule has 0 unspecified atom stereocenters. The molecular formula is C21H26N2O3S. The Labute approximate surface area is 161 Å². The largest absolute Gasteiger partial charge is 0.322 e. The molecule has 0 spiro atoms. The predicted octanol–water partition coefficient (Wildman–Crippen LogP) is 4.28. The standard InChI is InChI=1S/C21H26N2O3S/c1-15(2)16-10-12-18(13-11-16)22-21(24)17-6-5-9-20(14-17)27(25,26)23-19-7-3-4-8-19/h5-6,9-15,19,23H,3-4,7-8H2,1-2H3,(H,22,24). The molecule has 1 saturated carbocycles. The minimum absolute atomic E-state index is 0.00745. The van der Waals surface area contributed by atoms with Crippen LogP contribution in [0.3, 0.4) is 0 Å². The zero-order chi connectivity index (χ0) is 19.4. The van der Waals surface area contributed by atoms with Crippen molar-refractivity contribution in [1.82, 2.24) is 4.72 Å². The highest BCUT2D eigenvalue weighted by atomic mass is 32.2. The van der Waals surface area contributed by atoms with Gasteiger partial charge in [0, 0.05) is 17.3 Å². The predicted molar refractivity (Wildman–Crippen MR) is 108 cm³/mol. The van der Waals surface area contributed by atoms with Crippen molar-refractivity contribution in [2.45, 2.75) is 56.4 Å². The van der Waals surface area contributed by atoms with Gasteiger partial charge in [-0.3, -0.25) is 4.79 Å². The zero-order valence-corrected chi connectivity index (χ0v) is 16.6. The minimum atomic E-state index is -3.62. The number of carbonyl (C=O) groups is 1. The van der Waals surface area contributed by atoms with Crippen LogP contribution in [0.5, 0.6) is 0 Å². The van der Waals surface area contributed by atoms with Crippen LogP contribution in [0.25, 0.3) is 0 Å². The normalized spacial score (nSPS) is 15.2. The second kappa shape index (κ2) is 8.23. The van der Waals surface area contributed by atoms with E-state index in [1.54, 1.807) is 12.1 Å². The van der Waals surface area contributed by atoms with E-state index in [9.17, 15) is 13.2 Å². The first-order valence-electron chi connectivity index (χ1n) is 9.39. The second-order valence-corrected chi connectivity index (χ2v) is 9.08. The summed E-state index contributed by atoms with van der Waals surface area (Å²) in [5.41, 5.74) is 2.19. The molecule has 1 amide bonds. The van der Waals surface area contributed by atoms with Crippen molar-refractivity contribution in [3.05, 3.63) is 59.7 Å². The number of carbonyl (C=O) groups excluding carboxylic acids is 1. The first-order valence-corrected chi connectivity index (χ1v) is 10.9. The fourth-order valence-electron chi connectivity index (χ4n) is 3.29. The van der Waals surface area contributed by atoms with Crippen molar-refractivity contribution in [3.8, 4) is 0 Å². The van der Waals surface area contributed by atoms with Gasteiger partial charge in [-0.05, 0) is 54.7 Å². The van der Waals surface area contributed by atoms with E-state index in [4.69, 9.17) is 0 Å². The van der Waals surface area contributed by atoms with Gasteiger partial charge < -0.3 is 5.32 Å². The Morgan fingerprint density at radius 3 is 2.33 bits per heavy atom. The van der Waals surface area contributed by atoms with Gasteiger partial charge in [0.1, 0.15) is 0 Å². The summed E-state index contributed by atoms with van der Waals surface area (Å²) < 4.78 is 27.9. The van der Waals surface area contributed by atoms with Crippen molar-refractivity contribution < 1.29 is 13.2 Å². The minimum Gasteiger partial charge on any atom is -0.322 e. The number of nitrogens with one attached hydrogen (secondary N) is 2. The summed E-state index contributed by atoms with van der Waals surface area (Å²) in [6.07, 6.45) is 3.83. The van der Waals surface area contributed by atoms with Gasteiger partial charge in [0.15, 0.2) is 0 Å². The van der Waals surface area contributed by atoms with Gasteiger partial charge in [-0.25, -0.2) is 13.1 Å². The van der Waals surface area contributed by atoms with Crippen molar-refractivity contribution in [2.75, 3.05) is 5.32 Å². The average molecular weight is 387 g/mol. The Hall–Kier alpha value is -2.18. The van der Waals surface area contributed by atoms with E-state index < -0.39 is 10.0 Å². The fraction of sp³-hybridized carbons (Fsp3) is 0.381. The molecule has 1 aliphatic carbocycles. The van der Waals surface area contributed by atoms with Crippen molar-refractivity contribution in [1.29, 1.82) is 0 Å². The number of amides is 1. The lowest BCUT2D eigenvalue weighted by Gasteiger charge is -2.13. The molecule has 1 aliphatic rings. The summed E-state index contributed by atoms with van der Waals surface area (Å²) in [7, 11) is -3.62. The van der Waals surface area contributed by atoms with E-state index in [1.807, 2.05) is 24.3 Å². The zero-order valence-electron chi connectivity index (χ0n) is 15.7. The van der Waals surface area contributed by atoms with Gasteiger partial charge >= 0.3 is 0 Å². The van der Waals surface area contributed by atoms with E-state index in [1.165, 1.54) is 17.7 Å². The SMILES string of the molecule is CC(C)c1ccc(NC(=O)c2cccc(S(=O)(=O)NC3CCCC3)c2)cc1. The molecule has 0 saturated heterocycles. The third-order valence-corrected chi connectivity index (χ3v) is 6.44. The van der Waals surface area contributed by atoms with Crippen LogP contribution < -0.4 is 10.0 Å². The van der Waals surface area contributed by atoms with Crippen LogP contribution in [0.4, 0.5) is 5.69 Å². The van der Waals surface area contributed by atoms with Gasteiger partial charge in [0.05, 0.1) is 4.90 Å². The van der Waals surface area contributed by atoms with Crippen molar-refractivity contribution >= 4 is 21.6 Å². The van der Waals surface area contributed by atoms with Gasteiger partial charge in [0.25, 0.3) is 5.91 Å². The molecule has 2 aromatic carbocycles. The Balaban J connectivity index is 1.73. The Kier molecular flexibility index (Phi) is 5.97. The van der Waals surface area contributed by atoms with Gasteiger partial charge in [-0.2, -0.15) is 0 Å². The summed E-state index contributed by atoms with van der Waals surface area (Å²) in [6.45, 7) is 4.22. The third-order valence-electron chi connectivity index (χ3n) is 4.92. The summed E-state index contributed by atoms with van der Waals surface area (Å²) in [6, 6.07) is 13.8. The van der Waals surface area contributed by atoms with E-state index in [-0.39, 0.29) is 16.8 Å². The highest BCUT2D eigenvalue weighted by Gasteiger charge is 2.23. The van der Waals surface area contributed by atoms with Gasteiger partial charge in [0.2, 0.25) is 10.0 Å². The van der Waals surface area contributed by atoms with Crippen LogP contribution in [0, 0.1) is 0 Å². The first kappa shape index (κ1) is 19.6. The lowest BCUT2D eigenvalue weighted by atomic mass is 10.0. The van der Waals surface area contributed by atoms with Crippen LogP contribution >= 0.6 is 0 Å². The second-order valence-electron chi connectivity index (χ2n) is 7.36. The number of hydrogen-bond donors (Lipinski definition) is 2.